The zero-order chi connectivity index (χ0) is 15.5. The Morgan fingerprint density at radius 3 is 2.61 bits per heavy atom. The normalized spacial score (nSPS) is 34.3. The molecule has 1 aromatic heterocycles. The average molecular weight is 313 g/mol. The van der Waals surface area contributed by atoms with Gasteiger partial charge in [-0.1, -0.05) is 43.0 Å². The number of hydrogen-bond acceptors (Lipinski definition) is 2. The molecule has 126 valence electrons. The first-order valence-corrected chi connectivity index (χ1v) is 9.97. The van der Waals surface area contributed by atoms with Gasteiger partial charge in [0.15, 0.2) is 0 Å². The Kier molecular flexibility index (Phi) is 4.82. The molecule has 23 heavy (non-hydrogen) atoms. The summed E-state index contributed by atoms with van der Waals surface area (Å²) in [7, 11) is 0. The Bertz CT molecular complexity index is 527. The van der Waals surface area contributed by atoms with Crippen molar-refractivity contribution in [2.75, 3.05) is 0 Å². The summed E-state index contributed by atoms with van der Waals surface area (Å²) >= 11 is 0. The van der Waals surface area contributed by atoms with Crippen LogP contribution in [0.1, 0.15) is 94.7 Å². The third kappa shape index (κ3) is 3.54. The summed E-state index contributed by atoms with van der Waals surface area (Å²) < 4.78 is 2.19. The van der Waals surface area contributed by atoms with Crippen LogP contribution in [-0.4, -0.2) is 15.0 Å². The van der Waals surface area contributed by atoms with Crippen molar-refractivity contribution in [1.29, 1.82) is 0 Å². The minimum Gasteiger partial charge on any atom is -0.249 e. The predicted molar refractivity (Wildman–Crippen MR) is 93.3 cm³/mol. The minimum absolute atomic E-state index is 0.563. The van der Waals surface area contributed by atoms with E-state index in [0.29, 0.717) is 12.0 Å². The van der Waals surface area contributed by atoms with Gasteiger partial charge in [-0.25, -0.2) is 4.68 Å². The Morgan fingerprint density at radius 2 is 1.70 bits per heavy atom. The van der Waals surface area contributed by atoms with Crippen LogP contribution in [0, 0.1) is 11.8 Å². The van der Waals surface area contributed by atoms with E-state index in [1.54, 1.807) is 0 Å². The third-order valence-electron chi connectivity index (χ3n) is 6.60. The van der Waals surface area contributed by atoms with Crippen LogP contribution in [0.15, 0.2) is 18.3 Å². The predicted octanol–water partition coefficient (Wildman–Crippen LogP) is 5.41. The molecule has 1 aromatic rings. The maximum atomic E-state index is 4.58. The van der Waals surface area contributed by atoms with E-state index < -0.39 is 0 Å². The summed E-state index contributed by atoms with van der Waals surface area (Å²) in [5, 5.41) is 9.11. The molecular weight excluding hydrogens is 282 g/mol. The molecule has 3 unspecified atom stereocenters. The first-order valence-electron chi connectivity index (χ1n) is 9.97. The van der Waals surface area contributed by atoms with Gasteiger partial charge >= 0.3 is 0 Å². The van der Waals surface area contributed by atoms with Crippen LogP contribution in [0.5, 0.6) is 0 Å². The lowest BCUT2D eigenvalue weighted by molar-refractivity contribution is 0.343. The van der Waals surface area contributed by atoms with E-state index in [2.05, 4.69) is 33.3 Å². The van der Waals surface area contributed by atoms with Crippen molar-refractivity contribution in [1.82, 2.24) is 15.0 Å². The largest absolute Gasteiger partial charge is 0.249 e. The lowest BCUT2D eigenvalue weighted by Crippen LogP contribution is -2.10. The van der Waals surface area contributed by atoms with Crippen molar-refractivity contribution in [2.45, 2.75) is 89.0 Å². The van der Waals surface area contributed by atoms with Gasteiger partial charge in [-0.2, -0.15) is 0 Å². The second-order valence-electron chi connectivity index (χ2n) is 8.07. The highest BCUT2D eigenvalue weighted by atomic mass is 15.4. The minimum atomic E-state index is 0.563. The second-order valence-corrected chi connectivity index (χ2v) is 8.07. The molecule has 0 N–H and O–H groups in total. The fourth-order valence-electron chi connectivity index (χ4n) is 5.20. The van der Waals surface area contributed by atoms with Crippen LogP contribution in [-0.2, 0) is 0 Å². The molecule has 2 fully saturated rings. The average Bonchev–Trinajstić information content (AvgIpc) is 3.27. The summed E-state index contributed by atoms with van der Waals surface area (Å²) in [4.78, 5) is 0. The topological polar surface area (TPSA) is 30.7 Å². The second kappa shape index (κ2) is 7.19. The van der Waals surface area contributed by atoms with Gasteiger partial charge in [0.25, 0.3) is 0 Å². The zero-order valence-electron chi connectivity index (χ0n) is 14.4. The van der Waals surface area contributed by atoms with Crippen molar-refractivity contribution in [3.05, 3.63) is 24.0 Å². The molecule has 1 heterocycles. The van der Waals surface area contributed by atoms with E-state index in [9.17, 15) is 0 Å². The van der Waals surface area contributed by atoms with Gasteiger partial charge in [0.1, 0.15) is 0 Å². The Hall–Kier alpha value is -1.12. The lowest BCUT2D eigenvalue weighted by Gasteiger charge is -2.18. The van der Waals surface area contributed by atoms with Crippen LogP contribution in [0.2, 0.25) is 0 Å². The maximum Gasteiger partial charge on any atom is 0.0858 e. The Balaban J connectivity index is 1.38. The summed E-state index contributed by atoms with van der Waals surface area (Å²) in [5.74, 6) is 2.68. The lowest BCUT2D eigenvalue weighted by atomic mass is 9.88. The molecule has 0 bridgehead atoms. The molecule has 0 amide bonds. The molecule has 3 heteroatoms. The highest BCUT2D eigenvalue weighted by Crippen LogP contribution is 2.45. The van der Waals surface area contributed by atoms with E-state index in [-0.39, 0.29) is 0 Å². The monoisotopic (exact) mass is 313 g/mol. The molecule has 0 spiro atoms. The third-order valence-corrected chi connectivity index (χ3v) is 6.60. The molecule has 0 saturated heterocycles. The number of allylic oxidation sites excluding steroid dienone is 2. The molecule has 0 aliphatic heterocycles. The number of nitrogens with zero attached hydrogens (tertiary/aromatic N) is 3. The van der Waals surface area contributed by atoms with Crippen molar-refractivity contribution in [2.24, 2.45) is 11.8 Å². The Labute approximate surface area is 140 Å². The number of aromatic nitrogens is 3. The van der Waals surface area contributed by atoms with Crippen LogP contribution in [0.4, 0.5) is 0 Å². The molecule has 4 rings (SSSR count). The van der Waals surface area contributed by atoms with Gasteiger partial charge in [-0.15, -0.1) is 5.10 Å². The molecule has 0 aromatic carbocycles. The van der Waals surface area contributed by atoms with Gasteiger partial charge in [-0.3, -0.25) is 0 Å². The van der Waals surface area contributed by atoms with E-state index >= 15 is 0 Å². The molecule has 3 atom stereocenters. The molecule has 2 saturated carbocycles. The van der Waals surface area contributed by atoms with Gasteiger partial charge < -0.3 is 0 Å². The molecular formula is C20H31N3. The first kappa shape index (κ1) is 15.4. The Morgan fingerprint density at radius 1 is 0.826 bits per heavy atom. The summed E-state index contributed by atoms with van der Waals surface area (Å²) in [6, 6.07) is 0.563. The van der Waals surface area contributed by atoms with Crippen molar-refractivity contribution >= 4 is 0 Å². The summed E-state index contributed by atoms with van der Waals surface area (Å²) in [6.45, 7) is 0. The quantitative estimate of drug-likeness (QED) is 0.698. The zero-order valence-corrected chi connectivity index (χ0v) is 14.4. The smallest absolute Gasteiger partial charge is 0.0858 e. The van der Waals surface area contributed by atoms with Gasteiger partial charge in [0.05, 0.1) is 11.7 Å². The highest BCUT2D eigenvalue weighted by molar-refractivity contribution is 5.06. The maximum absolute atomic E-state index is 4.58. The van der Waals surface area contributed by atoms with E-state index in [0.717, 1.165) is 11.8 Å². The summed E-state index contributed by atoms with van der Waals surface area (Å²) in [5.41, 5.74) is 1.28. The SMILES string of the molecule is C1=C\CCC(n2cc(C3CCC(C4CCCC4)C3)nn2)CCC/1. The first-order chi connectivity index (χ1) is 11.4. The fraction of sp³-hybridized carbons (Fsp3) is 0.800. The van der Waals surface area contributed by atoms with Gasteiger partial charge in [0.2, 0.25) is 0 Å². The van der Waals surface area contributed by atoms with Gasteiger partial charge in [-0.05, 0) is 63.2 Å². The van der Waals surface area contributed by atoms with Crippen molar-refractivity contribution in [3.8, 4) is 0 Å². The standard InChI is InChI=1S/C20H31N3/c1-2-4-10-19(11-5-3-1)23-15-20(21-22-23)18-13-12-17(14-18)16-8-6-7-9-16/h1-2,15-19H,3-14H2/b2-1-. The highest BCUT2D eigenvalue weighted by Gasteiger charge is 2.34. The van der Waals surface area contributed by atoms with E-state index in [1.165, 1.54) is 82.7 Å². The van der Waals surface area contributed by atoms with E-state index in [4.69, 9.17) is 0 Å². The van der Waals surface area contributed by atoms with Crippen LogP contribution >= 0.6 is 0 Å². The van der Waals surface area contributed by atoms with Crippen molar-refractivity contribution in [3.63, 3.8) is 0 Å². The molecule has 3 aliphatic rings. The fourth-order valence-corrected chi connectivity index (χ4v) is 5.20. The number of rotatable bonds is 3. The number of hydrogen-bond donors (Lipinski definition) is 0. The van der Waals surface area contributed by atoms with Crippen LogP contribution in [0.25, 0.3) is 0 Å². The molecule has 3 nitrogen and oxygen atoms in total. The molecule has 3 aliphatic carbocycles. The van der Waals surface area contributed by atoms with Crippen LogP contribution in [0.3, 0.4) is 0 Å². The van der Waals surface area contributed by atoms with Gasteiger partial charge in [0, 0.05) is 12.1 Å². The van der Waals surface area contributed by atoms with E-state index in [1.807, 2.05) is 0 Å². The van der Waals surface area contributed by atoms with Crippen molar-refractivity contribution < 1.29 is 0 Å². The molecule has 0 radical (unpaired) electrons. The van der Waals surface area contributed by atoms with Crippen LogP contribution < -0.4 is 0 Å². The summed E-state index contributed by atoms with van der Waals surface area (Å²) in [6.07, 6.45) is 23.2.